The van der Waals surface area contributed by atoms with E-state index in [-0.39, 0.29) is 21.7 Å². The van der Waals surface area contributed by atoms with Crippen molar-refractivity contribution in [2.75, 3.05) is 0 Å². The standard InChI is InChI=1S/C28H42O2S/c1-25(2,3)17-27(7,8)21-15-19(11-13-23(21)29)31-20-12-14-24(30)22(16-20)28(9,10)18-26(4,5)6/h11-16,29-30H,17-18H2,1-10H3. The summed E-state index contributed by atoms with van der Waals surface area (Å²) in [6, 6.07) is 11.8. The van der Waals surface area contributed by atoms with E-state index in [1.807, 2.05) is 24.3 Å². The first-order valence-electron chi connectivity index (χ1n) is 11.2. The first-order chi connectivity index (χ1) is 13.9. The molecular formula is C28H42O2S. The molecule has 3 heteroatoms. The molecular weight excluding hydrogens is 400 g/mol. The lowest BCUT2D eigenvalue weighted by atomic mass is 9.72. The number of phenols is 2. The van der Waals surface area contributed by atoms with Crippen molar-refractivity contribution >= 4 is 11.8 Å². The van der Waals surface area contributed by atoms with Gasteiger partial charge in [-0.3, -0.25) is 0 Å². The average molecular weight is 443 g/mol. The lowest BCUT2D eigenvalue weighted by Crippen LogP contribution is -2.25. The Balaban J connectivity index is 2.38. The molecule has 31 heavy (non-hydrogen) atoms. The van der Waals surface area contributed by atoms with Crippen LogP contribution in [0.5, 0.6) is 11.5 Å². The zero-order chi connectivity index (χ0) is 23.8. The summed E-state index contributed by atoms with van der Waals surface area (Å²) >= 11 is 1.68. The van der Waals surface area contributed by atoms with Gasteiger partial charge in [-0.05, 0) is 70.9 Å². The summed E-state index contributed by atoms with van der Waals surface area (Å²) in [5.74, 6) is 0.715. The van der Waals surface area contributed by atoms with E-state index in [9.17, 15) is 10.2 Å². The molecule has 2 nitrogen and oxygen atoms in total. The van der Waals surface area contributed by atoms with Gasteiger partial charge in [0.1, 0.15) is 11.5 Å². The number of hydrogen-bond acceptors (Lipinski definition) is 3. The average Bonchev–Trinajstić information content (AvgIpc) is 2.53. The predicted octanol–water partition coefficient (Wildman–Crippen LogP) is 8.68. The lowest BCUT2D eigenvalue weighted by Gasteiger charge is -2.34. The fraction of sp³-hybridized carbons (Fsp3) is 0.571. The summed E-state index contributed by atoms with van der Waals surface area (Å²) in [4.78, 5) is 2.19. The third-order valence-electron chi connectivity index (χ3n) is 5.57. The van der Waals surface area contributed by atoms with Crippen LogP contribution in [-0.2, 0) is 10.8 Å². The zero-order valence-electron chi connectivity index (χ0n) is 21.2. The van der Waals surface area contributed by atoms with Gasteiger partial charge < -0.3 is 10.2 Å². The molecule has 2 aromatic carbocycles. The van der Waals surface area contributed by atoms with Crippen molar-refractivity contribution in [3.05, 3.63) is 47.5 Å². The second-order valence-electron chi connectivity index (χ2n) is 12.7. The van der Waals surface area contributed by atoms with E-state index in [1.54, 1.807) is 11.8 Å². The topological polar surface area (TPSA) is 40.5 Å². The largest absolute Gasteiger partial charge is 0.508 e. The Bertz CT molecular complexity index is 836. The molecule has 0 aliphatic rings. The van der Waals surface area contributed by atoms with E-state index in [0.717, 1.165) is 33.8 Å². The molecule has 0 fully saturated rings. The Morgan fingerprint density at radius 3 is 1.19 bits per heavy atom. The minimum atomic E-state index is -0.131. The van der Waals surface area contributed by atoms with Crippen molar-refractivity contribution < 1.29 is 10.2 Å². The second-order valence-corrected chi connectivity index (χ2v) is 13.8. The van der Waals surface area contributed by atoms with Crippen LogP contribution in [0.25, 0.3) is 0 Å². The highest BCUT2D eigenvalue weighted by Gasteiger charge is 2.31. The van der Waals surface area contributed by atoms with Gasteiger partial charge in [0.25, 0.3) is 0 Å². The van der Waals surface area contributed by atoms with Gasteiger partial charge in [0.15, 0.2) is 0 Å². The maximum atomic E-state index is 10.6. The molecule has 0 radical (unpaired) electrons. The molecule has 2 rings (SSSR count). The molecule has 2 N–H and O–H groups in total. The lowest BCUT2D eigenvalue weighted by molar-refractivity contribution is 0.277. The molecule has 0 heterocycles. The summed E-state index contributed by atoms with van der Waals surface area (Å²) in [5, 5.41) is 21.2. The van der Waals surface area contributed by atoms with E-state index in [1.165, 1.54) is 0 Å². The van der Waals surface area contributed by atoms with Crippen LogP contribution >= 0.6 is 11.8 Å². The highest BCUT2D eigenvalue weighted by molar-refractivity contribution is 7.99. The van der Waals surface area contributed by atoms with E-state index in [2.05, 4.69) is 81.4 Å². The third kappa shape index (κ3) is 7.20. The summed E-state index contributed by atoms with van der Waals surface area (Å²) in [6.07, 6.45) is 1.96. The minimum absolute atomic E-state index is 0.131. The maximum Gasteiger partial charge on any atom is 0.119 e. The van der Waals surface area contributed by atoms with Crippen molar-refractivity contribution in [2.24, 2.45) is 10.8 Å². The number of hydrogen-bond donors (Lipinski definition) is 2. The number of benzene rings is 2. The fourth-order valence-corrected chi connectivity index (χ4v) is 6.12. The molecule has 0 aliphatic carbocycles. The summed E-state index contributed by atoms with van der Waals surface area (Å²) in [6.45, 7) is 22.2. The number of aromatic hydroxyl groups is 2. The van der Waals surface area contributed by atoms with Crippen LogP contribution < -0.4 is 0 Å². The molecule has 2 aromatic rings. The molecule has 0 amide bonds. The van der Waals surface area contributed by atoms with Gasteiger partial charge in [0.2, 0.25) is 0 Å². The van der Waals surface area contributed by atoms with Crippen molar-refractivity contribution in [2.45, 2.75) is 103 Å². The highest BCUT2D eigenvalue weighted by atomic mass is 32.2. The van der Waals surface area contributed by atoms with Gasteiger partial charge in [-0.1, -0.05) is 81.0 Å². The summed E-state index contributed by atoms with van der Waals surface area (Å²) < 4.78 is 0. The molecule has 0 aromatic heterocycles. The first kappa shape index (κ1) is 25.6. The summed E-state index contributed by atoms with van der Waals surface area (Å²) in [7, 11) is 0. The van der Waals surface area contributed by atoms with Crippen LogP contribution in [0.1, 0.15) is 93.2 Å². The quantitative estimate of drug-likeness (QED) is 0.470. The van der Waals surface area contributed by atoms with Crippen molar-refractivity contribution in [1.82, 2.24) is 0 Å². The van der Waals surface area contributed by atoms with Gasteiger partial charge in [0.05, 0.1) is 0 Å². The van der Waals surface area contributed by atoms with Gasteiger partial charge >= 0.3 is 0 Å². The second kappa shape index (κ2) is 8.73. The van der Waals surface area contributed by atoms with E-state index in [4.69, 9.17) is 0 Å². The normalized spacial score (nSPS) is 13.5. The third-order valence-corrected chi connectivity index (χ3v) is 6.55. The maximum absolute atomic E-state index is 10.6. The van der Waals surface area contributed by atoms with E-state index in [0.29, 0.717) is 11.5 Å². The smallest absolute Gasteiger partial charge is 0.119 e. The van der Waals surface area contributed by atoms with Gasteiger partial charge in [0, 0.05) is 20.9 Å². The fourth-order valence-electron chi connectivity index (χ4n) is 5.22. The van der Waals surface area contributed by atoms with Gasteiger partial charge in [-0.15, -0.1) is 0 Å². The Morgan fingerprint density at radius 2 is 0.903 bits per heavy atom. The Labute approximate surface area is 194 Å². The Kier molecular flexibility index (Phi) is 7.22. The van der Waals surface area contributed by atoms with Gasteiger partial charge in [-0.2, -0.15) is 0 Å². The van der Waals surface area contributed by atoms with Crippen molar-refractivity contribution in [3.8, 4) is 11.5 Å². The SMILES string of the molecule is CC(C)(C)CC(C)(C)c1cc(Sc2ccc(O)c(C(C)(C)CC(C)(C)C)c2)ccc1O. The van der Waals surface area contributed by atoms with E-state index < -0.39 is 0 Å². The van der Waals surface area contributed by atoms with Crippen molar-refractivity contribution in [1.29, 1.82) is 0 Å². The molecule has 172 valence electrons. The van der Waals surface area contributed by atoms with Crippen molar-refractivity contribution in [3.63, 3.8) is 0 Å². The molecule has 0 atom stereocenters. The highest BCUT2D eigenvalue weighted by Crippen LogP contribution is 2.44. The molecule has 0 bridgehead atoms. The molecule has 0 saturated heterocycles. The van der Waals surface area contributed by atoms with Crippen LogP contribution in [0.4, 0.5) is 0 Å². The zero-order valence-corrected chi connectivity index (χ0v) is 22.0. The van der Waals surface area contributed by atoms with Crippen LogP contribution in [0.2, 0.25) is 0 Å². The Morgan fingerprint density at radius 1 is 0.581 bits per heavy atom. The summed E-state index contributed by atoms with van der Waals surface area (Å²) in [5.41, 5.74) is 2.05. The molecule has 0 spiro atoms. The van der Waals surface area contributed by atoms with E-state index >= 15 is 0 Å². The van der Waals surface area contributed by atoms with Crippen LogP contribution in [0.15, 0.2) is 46.2 Å². The van der Waals surface area contributed by atoms with Crippen LogP contribution in [0, 0.1) is 10.8 Å². The first-order valence-corrected chi connectivity index (χ1v) is 12.1. The van der Waals surface area contributed by atoms with Crippen LogP contribution in [0.3, 0.4) is 0 Å². The molecule has 0 unspecified atom stereocenters. The number of phenolic OH excluding ortho intramolecular Hbond substituents is 2. The van der Waals surface area contributed by atoms with Gasteiger partial charge in [-0.25, -0.2) is 0 Å². The predicted molar refractivity (Wildman–Crippen MR) is 135 cm³/mol. The minimum Gasteiger partial charge on any atom is -0.508 e. The Hall–Kier alpha value is -1.61. The molecule has 0 saturated carbocycles. The van der Waals surface area contributed by atoms with Crippen LogP contribution in [-0.4, -0.2) is 10.2 Å². The number of rotatable bonds is 6. The molecule has 0 aliphatic heterocycles. The monoisotopic (exact) mass is 442 g/mol.